The fourth-order valence-electron chi connectivity index (χ4n) is 0.851. The third-order valence-corrected chi connectivity index (χ3v) is 1.87. The van der Waals surface area contributed by atoms with Crippen molar-refractivity contribution in [2.45, 2.75) is 6.18 Å². The molecule has 1 aromatic heterocycles. The molecule has 0 saturated carbocycles. The van der Waals surface area contributed by atoms with Crippen LogP contribution in [0.4, 0.5) is 19.0 Å². The Kier molecular flexibility index (Phi) is 3.56. The van der Waals surface area contributed by atoms with Crippen molar-refractivity contribution in [3.05, 3.63) is 22.8 Å². The van der Waals surface area contributed by atoms with Crippen molar-refractivity contribution in [2.24, 2.45) is 0 Å². The second-order valence-corrected chi connectivity index (χ2v) is 3.15. The number of carboxylic acid groups (broad SMARTS) is 1. The van der Waals surface area contributed by atoms with Crippen molar-refractivity contribution in [2.75, 3.05) is 5.32 Å². The number of hydrogen-bond donors (Lipinski definition) is 2. The number of nitrogens with zero attached hydrogens (tertiary/aromatic N) is 1. The molecule has 1 heterocycles. The molecule has 0 aromatic carbocycles. The number of aromatic nitrogens is 1. The summed E-state index contributed by atoms with van der Waals surface area (Å²) < 4.78 is 35.6. The van der Waals surface area contributed by atoms with E-state index in [0.29, 0.717) is 0 Å². The van der Waals surface area contributed by atoms with Gasteiger partial charge in [0.25, 0.3) is 0 Å². The van der Waals surface area contributed by atoms with Gasteiger partial charge in [0.1, 0.15) is 11.0 Å². The Bertz CT molecular complexity index is 476. The van der Waals surface area contributed by atoms with E-state index in [9.17, 15) is 22.8 Å². The van der Waals surface area contributed by atoms with Gasteiger partial charge in [-0.25, -0.2) is 9.78 Å². The Morgan fingerprint density at radius 3 is 2.35 bits per heavy atom. The van der Waals surface area contributed by atoms with E-state index in [-0.39, 0.29) is 5.56 Å². The first-order valence-corrected chi connectivity index (χ1v) is 4.37. The highest BCUT2D eigenvalue weighted by atomic mass is 35.5. The quantitative estimate of drug-likeness (QED) is 0.803. The normalized spacial score (nSPS) is 11.1. The zero-order valence-electron chi connectivity index (χ0n) is 7.88. The minimum Gasteiger partial charge on any atom is -0.478 e. The maximum atomic E-state index is 11.9. The minimum absolute atomic E-state index is 0.378. The van der Waals surface area contributed by atoms with E-state index >= 15 is 0 Å². The molecule has 0 atom stereocenters. The van der Waals surface area contributed by atoms with Gasteiger partial charge in [0.2, 0.25) is 0 Å². The summed E-state index contributed by atoms with van der Waals surface area (Å²) in [6.07, 6.45) is -5.06. The van der Waals surface area contributed by atoms with E-state index in [2.05, 4.69) is 4.98 Å². The van der Waals surface area contributed by atoms with Crippen LogP contribution in [0.15, 0.2) is 12.1 Å². The number of hydrogen-bond acceptors (Lipinski definition) is 3. The van der Waals surface area contributed by atoms with Crippen molar-refractivity contribution in [3.63, 3.8) is 0 Å². The number of nitrogens with one attached hydrogen (secondary N) is 1. The van der Waals surface area contributed by atoms with Gasteiger partial charge in [-0.15, -0.1) is 0 Å². The van der Waals surface area contributed by atoms with Gasteiger partial charge in [-0.3, -0.25) is 4.79 Å². The molecule has 2 N–H and O–H groups in total. The molecule has 0 radical (unpaired) electrons. The maximum absolute atomic E-state index is 11.9. The second-order valence-electron chi connectivity index (χ2n) is 2.79. The number of alkyl halides is 3. The standard InChI is InChI=1S/C8H4ClF3N2O3/c9-5-3(6(15)16)1-2-4(13-5)14-7(17)8(10,11)12/h1-2H,(H,15,16)(H,13,14,17). The third kappa shape index (κ3) is 3.31. The van der Waals surface area contributed by atoms with Gasteiger partial charge in [0.05, 0.1) is 5.56 Å². The summed E-state index contributed by atoms with van der Waals surface area (Å²) in [6.45, 7) is 0. The molecule has 0 aliphatic carbocycles. The van der Waals surface area contributed by atoms with Crippen LogP contribution in [0.1, 0.15) is 10.4 Å². The number of amides is 1. The van der Waals surface area contributed by atoms with Gasteiger partial charge in [0, 0.05) is 0 Å². The smallest absolute Gasteiger partial charge is 0.471 e. The molecule has 0 aliphatic heterocycles. The lowest BCUT2D eigenvalue weighted by atomic mass is 10.3. The molecule has 9 heteroatoms. The van der Waals surface area contributed by atoms with E-state index in [1.54, 1.807) is 0 Å². The van der Waals surface area contributed by atoms with Gasteiger partial charge in [-0.2, -0.15) is 13.2 Å². The monoisotopic (exact) mass is 268 g/mol. The predicted molar refractivity (Wildman–Crippen MR) is 50.9 cm³/mol. The molecule has 1 aromatic rings. The summed E-state index contributed by atoms with van der Waals surface area (Å²) in [5, 5.41) is 9.50. The number of carbonyl (C=O) groups is 2. The zero-order chi connectivity index (χ0) is 13.2. The highest BCUT2D eigenvalue weighted by molar-refractivity contribution is 6.32. The molecule has 0 bridgehead atoms. The first-order valence-electron chi connectivity index (χ1n) is 4.00. The lowest BCUT2D eigenvalue weighted by Crippen LogP contribution is -2.30. The Labute approximate surface area is 97.2 Å². The number of rotatable bonds is 2. The van der Waals surface area contributed by atoms with Crippen molar-refractivity contribution in [1.82, 2.24) is 4.98 Å². The van der Waals surface area contributed by atoms with E-state index < -0.39 is 29.0 Å². The molecule has 0 fully saturated rings. The van der Waals surface area contributed by atoms with Gasteiger partial charge in [0.15, 0.2) is 0 Å². The average molecular weight is 269 g/mol. The fourth-order valence-corrected chi connectivity index (χ4v) is 1.09. The third-order valence-electron chi connectivity index (χ3n) is 1.58. The van der Waals surface area contributed by atoms with Crippen LogP contribution in [0.5, 0.6) is 0 Å². The van der Waals surface area contributed by atoms with Crippen LogP contribution in [0.25, 0.3) is 0 Å². The lowest BCUT2D eigenvalue weighted by molar-refractivity contribution is -0.167. The summed E-state index contributed by atoms with van der Waals surface area (Å²) in [5.41, 5.74) is -0.378. The minimum atomic E-state index is -5.06. The van der Waals surface area contributed by atoms with Crippen molar-refractivity contribution in [1.29, 1.82) is 0 Å². The van der Waals surface area contributed by atoms with Crippen LogP contribution in [-0.4, -0.2) is 28.1 Å². The molecule has 1 rings (SSSR count). The van der Waals surface area contributed by atoms with E-state index in [0.717, 1.165) is 12.1 Å². The van der Waals surface area contributed by atoms with Crippen molar-refractivity contribution < 1.29 is 27.9 Å². The molecule has 0 aliphatic rings. The highest BCUT2D eigenvalue weighted by Crippen LogP contribution is 2.20. The van der Waals surface area contributed by atoms with Crippen LogP contribution in [-0.2, 0) is 4.79 Å². The summed E-state index contributed by atoms with van der Waals surface area (Å²) in [6, 6.07) is 1.84. The number of carboxylic acids is 1. The average Bonchev–Trinajstić information content (AvgIpc) is 2.15. The van der Waals surface area contributed by atoms with Crippen molar-refractivity contribution >= 4 is 29.3 Å². The first kappa shape index (κ1) is 13.2. The van der Waals surface area contributed by atoms with Gasteiger partial charge in [-0.1, -0.05) is 11.6 Å². The summed E-state index contributed by atoms with van der Waals surface area (Å²) in [7, 11) is 0. The van der Waals surface area contributed by atoms with Crippen LogP contribution in [0.3, 0.4) is 0 Å². The Balaban J connectivity index is 2.92. The van der Waals surface area contributed by atoms with Crippen molar-refractivity contribution in [3.8, 4) is 0 Å². The van der Waals surface area contributed by atoms with Crippen LogP contribution >= 0.6 is 11.6 Å². The summed E-state index contributed by atoms with van der Waals surface area (Å²) in [5.74, 6) is -4.08. The topological polar surface area (TPSA) is 79.3 Å². The number of anilines is 1. The molecule has 0 unspecified atom stereocenters. The van der Waals surface area contributed by atoms with Crippen LogP contribution in [0, 0.1) is 0 Å². The fraction of sp³-hybridized carbons (Fsp3) is 0.125. The second kappa shape index (κ2) is 4.58. The molecule has 0 saturated heterocycles. The predicted octanol–water partition coefficient (Wildman–Crippen LogP) is 1.93. The molecule has 5 nitrogen and oxygen atoms in total. The first-order chi connectivity index (χ1) is 7.71. The molecule has 17 heavy (non-hydrogen) atoms. The van der Waals surface area contributed by atoms with E-state index in [1.807, 2.05) is 0 Å². The van der Waals surface area contributed by atoms with E-state index in [4.69, 9.17) is 16.7 Å². The molecule has 1 amide bonds. The van der Waals surface area contributed by atoms with Crippen LogP contribution < -0.4 is 5.32 Å². The number of pyridine rings is 1. The lowest BCUT2D eigenvalue weighted by Gasteiger charge is -2.07. The number of halogens is 4. The molecular weight excluding hydrogens is 265 g/mol. The molecule has 92 valence electrons. The zero-order valence-corrected chi connectivity index (χ0v) is 8.63. The Hall–Kier alpha value is -1.83. The largest absolute Gasteiger partial charge is 0.478 e. The van der Waals surface area contributed by atoms with Gasteiger partial charge < -0.3 is 10.4 Å². The van der Waals surface area contributed by atoms with Crippen LogP contribution in [0.2, 0.25) is 5.15 Å². The SMILES string of the molecule is O=C(O)c1ccc(NC(=O)C(F)(F)F)nc1Cl. The maximum Gasteiger partial charge on any atom is 0.471 e. The highest BCUT2D eigenvalue weighted by Gasteiger charge is 2.38. The Morgan fingerprint density at radius 1 is 1.35 bits per heavy atom. The molecular formula is C8H4ClF3N2O3. The Morgan fingerprint density at radius 2 is 1.94 bits per heavy atom. The van der Waals surface area contributed by atoms with Gasteiger partial charge >= 0.3 is 18.1 Å². The molecule has 0 spiro atoms. The summed E-state index contributed by atoms with van der Waals surface area (Å²) in [4.78, 5) is 24.4. The number of aromatic carboxylic acids is 1. The number of carbonyl (C=O) groups excluding carboxylic acids is 1. The summed E-state index contributed by atoms with van der Waals surface area (Å²) >= 11 is 5.40. The van der Waals surface area contributed by atoms with Gasteiger partial charge in [-0.05, 0) is 12.1 Å². The van der Waals surface area contributed by atoms with E-state index in [1.165, 1.54) is 5.32 Å².